The first-order valence-electron chi connectivity index (χ1n) is 8.05. The molecule has 124 valence electrons. The van der Waals surface area contributed by atoms with Gasteiger partial charge in [-0.3, -0.25) is 14.0 Å². The van der Waals surface area contributed by atoms with Crippen LogP contribution in [0, 0.1) is 0 Å². The first-order chi connectivity index (χ1) is 12.2. The molecule has 0 spiro atoms. The maximum atomic E-state index is 12.9. The zero-order valence-electron chi connectivity index (χ0n) is 13.2. The van der Waals surface area contributed by atoms with Gasteiger partial charge in [-0.2, -0.15) is 0 Å². The van der Waals surface area contributed by atoms with Crippen LogP contribution in [0.2, 0.25) is 0 Å². The lowest BCUT2D eigenvalue weighted by Gasteiger charge is -2.27. The minimum Gasteiger partial charge on any atom is -0.358 e. The van der Waals surface area contributed by atoms with E-state index in [0.717, 1.165) is 22.9 Å². The monoisotopic (exact) mass is 350 g/mol. The molecule has 0 fully saturated rings. The number of H-pyrrole nitrogens is 1. The van der Waals surface area contributed by atoms with Crippen LogP contribution in [0.1, 0.15) is 21.6 Å². The van der Waals surface area contributed by atoms with Gasteiger partial charge < -0.3 is 9.88 Å². The Kier molecular flexibility index (Phi) is 3.05. The van der Waals surface area contributed by atoms with Crippen molar-refractivity contribution in [2.75, 3.05) is 6.54 Å². The fraction of sp³-hybridized carbons (Fsp3) is 0.167. The number of hydrogen-bond acceptors (Lipinski definition) is 4. The van der Waals surface area contributed by atoms with Gasteiger partial charge in [0.2, 0.25) is 0 Å². The highest BCUT2D eigenvalue weighted by Crippen LogP contribution is 2.28. The number of benzene rings is 1. The fourth-order valence-electron chi connectivity index (χ4n) is 3.48. The van der Waals surface area contributed by atoms with E-state index < -0.39 is 0 Å². The Morgan fingerprint density at radius 2 is 2.16 bits per heavy atom. The highest BCUT2D eigenvalue weighted by molar-refractivity contribution is 7.15. The lowest BCUT2D eigenvalue weighted by molar-refractivity contribution is 0.0732. The minimum absolute atomic E-state index is 0.124. The second kappa shape index (κ2) is 5.29. The molecule has 1 aliphatic heterocycles. The molecule has 1 N–H and O–H groups in total. The quantitative estimate of drug-likeness (QED) is 0.573. The molecular formula is C18H14N4O2S. The molecule has 4 aromatic rings. The summed E-state index contributed by atoms with van der Waals surface area (Å²) in [4.78, 5) is 35.5. The zero-order chi connectivity index (χ0) is 17.0. The van der Waals surface area contributed by atoms with Gasteiger partial charge in [0.25, 0.3) is 11.5 Å². The molecule has 3 aromatic heterocycles. The van der Waals surface area contributed by atoms with Gasteiger partial charge in [-0.05, 0) is 6.07 Å². The predicted octanol–water partition coefficient (Wildman–Crippen LogP) is 2.44. The Bertz CT molecular complexity index is 1190. The van der Waals surface area contributed by atoms with Gasteiger partial charge in [0.1, 0.15) is 5.56 Å². The van der Waals surface area contributed by atoms with Crippen molar-refractivity contribution in [2.45, 2.75) is 13.0 Å². The molecule has 0 saturated carbocycles. The van der Waals surface area contributed by atoms with Crippen LogP contribution in [0.4, 0.5) is 0 Å². The summed E-state index contributed by atoms with van der Waals surface area (Å²) in [5, 5.41) is 2.93. The molecule has 0 unspecified atom stereocenters. The molecule has 1 amide bonds. The number of carbonyl (C=O) groups excluding carboxylic acids is 1. The minimum atomic E-state index is -0.305. The van der Waals surface area contributed by atoms with Crippen LogP contribution in [0.5, 0.6) is 0 Å². The van der Waals surface area contributed by atoms with Crippen LogP contribution < -0.4 is 5.56 Å². The van der Waals surface area contributed by atoms with Crippen molar-refractivity contribution in [2.24, 2.45) is 0 Å². The largest absolute Gasteiger partial charge is 0.358 e. The van der Waals surface area contributed by atoms with Crippen LogP contribution >= 0.6 is 11.3 Å². The molecule has 6 nitrogen and oxygen atoms in total. The van der Waals surface area contributed by atoms with Gasteiger partial charge in [-0.1, -0.05) is 18.2 Å². The van der Waals surface area contributed by atoms with Crippen LogP contribution in [0.25, 0.3) is 15.9 Å². The van der Waals surface area contributed by atoms with Crippen molar-refractivity contribution < 1.29 is 4.79 Å². The van der Waals surface area contributed by atoms with E-state index in [0.29, 0.717) is 18.1 Å². The first-order valence-corrected chi connectivity index (χ1v) is 8.93. The van der Waals surface area contributed by atoms with E-state index in [2.05, 4.69) is 16.0 Å². The summed E-state index contributed by atoms with van der Waals surface area (Å²) in [6.45, 7) is 1.09. The highest BCUT2D eigenvalue weighted by Gasteiger charge is 2.26. The number of para-hydroxylation sites is 1. The molecule has 1 aliphatic rings. The summed E-state index contributed by atoms with van der Waals surface area (Å²) in [7, 11) is 0. The topological polar surface area (TPSA) is 70.5 Å². The number of fused-ring (bicyclic) bond motifs is 4. The lowest BCUT2D eigenvalue weighted by Crippen LogP contribution is -2.39. The van der Waals surface area contributed by atoms with Crippen LogP contribution in [-0.2, 0) is 13.0 Å². The number of nitrogens with one attached hydrogen (secondary N) is 1. The third kappa shape index (κ3) is 2.12. The SMILES string of the molecule is O=C(c1cnc2sccn2c1=O)N1CCc2[nH]c3ccccc3c2C1. The van der Waals surface area contributed by atoms with Gasteiger partial charge in [0, 0.05) is 59.4 Å². The van der Waals surface area contributed by atoms with Crippen molar-refractivity contribution in [3.05, 3.63) is 69.2 Å². The number of rotatable bonds is 1. The summed E-state index contributed by atoms with van der Waals surface area (Å²) >= 11 is 1.37. The van der Waals surface area contributed by atoms with Crippen LogP contribution in [-0.4, -0.2) is 31.7 Å². The average molecular weight is 350 g/mol. The molecule has 1 aromatic carbocycles. The average Bonchev–Trinajstić information content (AvgIpc) is 3.26. The number of thiazole rings is 1. The van der Waals surface area contributed by atoms with Gasteiger partial charge in [0.15, 0.2) is 4.96 Å². The molecule has 25 heavy (non-hydrogen) atoms. The molecule has 0 saturated heterocycles. The van der Waals surface area contributed by atoms with Gasteiger partial charge in [0.05, 0.1) is 0 Å². The van der Waals surface area contributed by atoms with Gasteiger partial charge >= 0.3 is 0 Å². The third-order valence-corrected chi connectivity index (χ3v) is 5.51. The Balaban J connectivity index is 1.54. The predicted molar refractivity (Wildman–Crippen MR) is 96.1 cm³/mol. The summed E-state index contributed by atoms with van der Waals surface area (Å²) < 4.78 is 1.43. The highest BCUT2D eigenvalue weighted by atomic mass is 32.1. The molecule has 0 radical (unpaired) electrons. The van der Waals surface area contributed by atoms with E-state index in [-0.39, 0.29) is 17.0 Å². The van der Waals surface area contributed by atoms with E-state index in [1.165, 1.54) is 27.6 Å². The van der Waals surface area contributed by atoms with E-state index in [4.69, 9.17) is 0 Å². The molecular weight excluding hydrogens is 336 g/mol. The number of aromatic nitrogens is 3. The van der Waals surface area contributed by atoms with E-state index in [9.17, 15) is 9.59 Å². The molecule has 7 heteroatoms. The zero-order valence-corrected chi connectivity index (χ0v) is 14.0. The van der Waals surface area contributed by atoms with Gasteiger partial charge in [-0.25, -0.2) is 4.98 Å². The summed E-state index contributed by atoms with van der Waals surface area (Å²) in [5.41, 5.74) is 3.22. The van der Waals surface area contributed by atoms with Crippen molar-refractivity contribution >= 4 is 33.1 Å². The summed E-state index contributed by atoms with van der Waals surface area (Å²) in [6, 6.07) is 8.10. The standard InChI is InChI=1S/C18H14N4O2S/c23-16(12-9-19-18-22(17(12)24)7-8-25-18)21-6-5-15-13(10-21)11-3-1-2-4-14(11)20-15/h1-4,7-9,20H,5-6,10H2. The number of nitrogens with zero attached hydrogens (tertiary/aromatic N) is 3. The smallest absolute Gasteiger partial charge is 0.271 e. The van der Waals surface area contributed by atoms with E-state index in [1.807, 2.05) is 18.2 Å². The molecule has 4 heterocycles. The molecule has 0 atom stereocenters. The molecule has 0 aliphatic carbocycles. The first kappa shape index (κ1) is 14.4. The second-order valence-electron chi connectivity index (χ2n) is 6.14. The Labute approximate surface area is 146 Å². The van der Waals surface area contributed by atoms with Crippen LogP contribution in [0.15, 0.2) is 46.8 Å². The normalized spacial score (nSPS) is 14.2. The van der Waals surface area contributed by atoms with Crippen molar-refractivity contribution in [1.82, 2.24) is 19.3 Å². The van der Waals surface area contributed by atoms with Crippen molar-refractivity contribution in [3.8, 4) is 0 Å². The lowest BCUT2D eigenvalue weighted by atomic mass is 10.0. The maximum absolute atomic E-state index is 12.9. The number of carbonyl (C=O) groups is 1. The van der Waals surface area contributed by atoms with E-state index >= 15 is 0 Å². The maximum Gasteiger partial charge on any atom is 0.271 e. The Hall–Kier alpha value is -2.93. The van der Waals surface area contributed by atoms with Crippen LogP contribution in [0.3, 0.4) is 0 Å². The summed E-state index contributed by atoms with van der Waals surface area (Å²) in [6.07, 6.45) is 3.81. The fourth-order valence-corrected chi connectivity index (χ4v) is 4.16. The van der Waals surface area contributed by atoms with Crippen molar-refractivity contribution in [1.29, 1.82) is 0 Å². The van der Waals surface area contributed by atoms with Gasteiger partial charge in [-0.15, -0.1) is 11.3 Å². The number of amides is 1. The number of hydrogen-bond donors (Lipinski definition) is 1. The number of aromatic amines is 1. The van der Waals surface area contributed by atoms with E-state index in [1.54, 1.807) is 16.5 Å². The van der Waals surface area contributed by atoms with Crippen molar-refractivity contribution in [3.63, 3.8) is 0 Å². The second-order valence-corrected chi connectivity index (χ2v) is 7.01. The Morgan fingerprint density at radius 1 is 1.28 bits per heavy atom. The molecule has 5 rings (SSSR count). The Morgan fingerprint density at radius 3 is 3.08 bits per heavy atom. The summed E-state index contributed by atoms with van der Waals surface area (Å²) in [5.74, 6) is -0.256. The third-order valence-electron chi connectivity index (χ3n) is 4.74. The molecule has 0 bridgehead atoms.